The summed E-state index contributed by atoms with van der Waals surface area (Å²) in [6.07, 6.45) is -5.01. The number of benzene rings is 3. The maximum atomic E-state index is 13.7. The Kier molecular flexibility index (Phi) is 7.56. The second-order valence-electron chi connectivity index (χ2n) is 9.81. The molecule has 3 aromatic carbocycles. The Labute approximate surface area is 228 Å². The van der Waals surface area contributed by atoms with Crippen molar-refractivity contribution in [1.29, 1.82) is 5.26 Å². The number of carbonyl (C=O) groups is 1. The van der Waals surface area contributed by atoms with Crippen LogP contribution < -0.4 is 10.0 Å². The molecule has 0 saturated heterocycles. The second kappa shape index (κ2) is 10.6. The van der Waals surface area contributed by atoms with Gasteiger partial charge in [-0.15, -0.1) is 0 Å². The Morgan fingerprint density at radius 2 is 1.62 bits per heavy atom. The van der Waals surface area contributed by atoms with Gasteiger partial charge >= 0.3 is 6.18 Å². The van der Waals surface area contributed by atoms with Crippen LogP contribution in [0.4, 0.5) is 18.9 Å². The molecular formula is C28H23F3N4O4S. The van der Waals surface area contributed by atoms with Gasteiger partial charge in [-0.3, -0.25) is 4.79 Å². The van der Waals surface area contributed by atoms with Gasteiger partial charge in [-0.2, -0.15) is 18.4 Å². The second-order valence-corrected chi connectivity index (χ2v) is 11.5. The quantitative estimate of drug-likeness (QED) is 0.284. The molecule has 2 N–H and O–H groups in total. The zero-order valence-corrected chi connectivity index (χ0v) is 22.3. The highest BCUT2D eigenvalue weighted by atomic mass is 32.2. The van der Waals surface area contributed by atoms with E-state index < -0.39 is 39.0 Å². The summed E-state index contributed by atoms with van der Waals surface area (Å²) >= 11 is 0. The highest BCUT2D eigenvalue weighted by molar-refractivity contribution is 7.89. The molecule has 0 fully saturated rings. The van der Waals surface area contributed by atoms with Gasteiger partial charge in [-0.25, -0.2) is 13.1 Å². The number of hydrogen-bond donors (Lipinski definition) is 2. The van der Waals surface area contributed by atoms with E-state index in [2.05, 4.69) is 19.7 Å². The van der Waals surface area contributed by atoms with E-state index >= 15 is 0 Å². The van der Waals surface area contributed by atoms with Crippen LogP contribution in [0.25, 0.3) is 22.4 Å². The van der Waals surface area contributed by atoms with Gasteiger partial charge in [0, 0.05) is 22.4 Å². The van der Waals surface area contributed by atoms with Crippen molar-refractivity contribution in [3.63, 3.8) is 0 Å². The minimum absolute atomic E-state index is 0.0465. The predicted octanol–water partition coefficient (Wildman–Crippen LogP) is 6.23. The van der Waals surface area contributed by atoms with Crippen LogP contribution in [-0.2, 0) is 16.2 Å². The number of nitrogens with zero attached hydrogens (tertiary/aromatic N) is 2. The molecule has 1 amide bonds. The van der Waals surface area contributed by atoms with Gasteiger partial charge in [0.1, 0.15) is 11.3 Å². The van der Waals surface area contributed by atoms with Crippen LogP contribution in [0.1, 0.15) is 42.5 Å². The number of carbonyl (C=O) groups excluding carboxylic acids is 1. The number of aromatic nitrogens is 1. The standard InChI is InChI=1S/C28H23F3N4O4S/c1-27(2,3)35-40(37,38)22-10-5-4-9-21(22)18-11-13-20(14-12-18)33-26(36)23-24(34-39-25(23)28(29,30)31)19-8-6-7-17(15-19)16-32/h4-15,35H,1-3H3,(H,33,36). The number of anilines is 1. The topological polar surface area (TPSA) is 125 Å². The molecule has 0 bridgehead atoms. The van der Waals surface area contributed by atoms with Gasteiger partial charge < -0.3 is 9.84 Å². The third-order valence-corrected chi connectivity index (χ3v) is 7.33. The smallest absolute Gasteiger partial charge is 0.350 e. The lowest BCUT2D eigenvalue weighted by molar-refractivity contribution is -0.155. The van der Waals surface area contributed by atoms with Gasteiger partial charge in [0.05, 0.1) is 16.5 Å². The summed E-state index contributed by atoms with van der Waals surface area (Å²) in [6.45, 7) is 5.15. The molecule has 0 aliphatic rings. The first kappa shape index (κ1) is 28.5. The minimum Gasteiger partial charge on any atom is -0.350 e. The number of rotatable bonds is 6. The Hall–Kier alpha value is -4.47. The molecule has 12 heteroatoms. The summed E-state index contributed by atoms with van der Waals surface area (Å²) < 4.78 is 74.2. The highest BCUT2D eigenvalue weighted by Crippen LogP contribution is 2.37. The first-order valence-electron chi connectivity index (χ1n) is 11.8. The highest BCUT2D eigenvalue weighted by Gasteiger charge is 2.43. The molecule has 1 aromatic heterocycles. The lowest BCUT2D eigenvalue weighted by Gasteiger charge is -2.21. The van der Waals surface area contributed by atoms with Crippen LogP contribution in [0.15, 0.2) is 82.2 Å². The summed E-state index contributed by atoms with van der Waals surface area (Å²) in [7, 11) is -3.87. The fourth-order valence-electron chi connectivity index (χ4n) is 3.95. The largest absolute Gasteiger partial charge is 0.453 e. The Balaban J connectivity index is 1.67. The van der Waals surface area contributed by atoms with E-state index in [0.29, 0.717) is 11.1 Å². The van der Waals surface area contributed by atoms with Crippen molar-refractivity contribution in [3.05, 3.63) is 89.7 Å². The van der Waals surface area contributed by atoms with Crippen molar-refractivity contribution in [3.8, 4) is 28.5 Å². The van der Waals surface area contributed by atoms with Gasteiger partial charge in [0.25, 0.3) is 11.7 Å². The molecule has 1 heterocycles. The Morgan fingerprint density at radius 1 is 0.950 bits per heavy atom. The van der Waals surface area contributed by atoms with Gasteiger partial charge in [0.15, 0.2) is 0 Å². The molecule has 40 heavy (non-hydrogen) atoms. The number of nitrogens with one attached hydrogen (secondary N) is 2. The van der Waals surface area contributed by atoms with Crippen LogP contribution in [0.5, 0.6) is 0 Å². The lowest BCUT2D eigenvalue weighted by Crippen LogP contribution is -2.40. The van der Waals surface area contributed by atoms with Crippen molar-refractivity contribution in [2.75, 3.05) is 5.32 Å². The zero-order valence-electron chi connectivity index (χ0n) is 21.5. The molecule has 0 atom stereocenters. The minimum atomic E-state index is -5.01. The number of sulfonamides is 1. The molecule has 0 spiro atoms. The van der Waals surface area contributed by atoms with E-state index in [1.54, 1.807) is 39.0 Å². The molecule has 0 aliphatic heterocycles. The zero-order chi connectivity index (χ0) is 29.3. The molecule has 4 rings (SSSR count). The molecule has 4 aromatic rings. The Bertz CT molecular complexity index is 1720. The van der Waals surface area contributed by atoms with Crippen LogP contribution in [0.2, 0.25) is 0 Å². The monoisotopic (exact) mass is 568 g/mol. The summed E-state index contributed by atoms with van der Waals surface area (Å²) in [4.78, 5) is 13.1. The van der Waals surface area contributed by atoms with Gasteiger partial charge in [-0.05, 0) is 56.7 Å². The number of halogens is 3. The SMILES string of the molecule is CC(C)(C)NS(=O)(=O)c1ccccc1-c1ccc(NC(=O)c2c(-c3cccc(C#N)c3)noc2C(F)(F)F)cc1. The van der Waals surface area contributed by atoms with Gasteiger partial charge in [0.2, 0.25) is 10.0 Å². The molecule has 0 saturated carbocycles. The third kappa shape index (κ3) is 6.22. The average Bonchev–Trinajstić information content (AvgIpc) is 3.34. The summed E-state index contributed by atoms with van der Waals surface area (Å²) in [6, 6.07) is 19.8. The van der Waals surface area contributed by atoms with Crippen LogP contribution in [0, 0.1) is 11.3 Å². The maximum Gasteiger partial charge on any atom is 0.453 e. The van der Waals surface area contributed by atoms with Crippen molar-refractivity contribution >= 4 is 21.6 Å². The summed E-state index contributed by atoms with van der Waals surface area (Å²) in [5.41, 5.74) is -0.616. The van der Waals surface area contributed by atoms with E-state index in [0.717, 1.165) is 0 Å². The third-order valence-electron chi connectivity index (χ3n) is 5.51. The number of nitriles is 1. The predicted molar refractivity (Wildman–Crippen MR) is 142 cm³/mol. The normalized spacial score (nSPS) is 12.1. The molecule has 0 unspecified atom stereocenters. The fraction of sp³-hybridized carbons (Fsp3) is 0.179. The fourth-order valence-corrected chi connectivity index (χ4v) is 5.60. The van der Waals surface area contributed by atoms with E-state index in [1.807, 2.05) is 6.07 Å². The first-order valence-corrected chi connectivity index (χ1v) is 13.3. The number of amides is 1. The number of alkyl halides is 3. The molecule has 8 nitrogen and oxygen atoms in total. The molecule has 0 radical (unpaired) electrons. The van der Waals surface area contributed by atoms with E-state index in [4.69, 9.17) is 5.26 Å². The molecule has 206 valence electrons. The number of hydrogen-bond acceptors (Lipinski definition) is 6. The van der Waals surface area contributed by atoms with Crippen molar-refractivity contribution in [1.82, 2.24) is 9.88 Å². The van der Waals surface area contributed by atoms with E-state index in [1.165, 1.54) is 54.6 Å². The van der Waals surface area contributed by atoms with Crippen LogP contribution in [-0.4, -0.2) is 25.0 Å². The Morgan fingerprint density at radius 3 is 2.25 bits per heavy atom. The van der Waals surface area contributed by atoms with Crippen LogP contribution >= 0.6 is 0 Å². The molecular weight excluding hydrogens is 545 g/mol. The summed E-state index contributed by atoms with van der Waals surface area (Å²) in [5, 5.41) is 15.0. The lowest BCUT2D eigenvalue weighted by atomic mass is 10.0. The molecule has 0 aliphatic carbocycles. The van der Waals surface area contributed by atoms with E-state index in [9.17, 15) is 26.4 Å². The summed E-state index contributed by atoms with van der Waals surface area (Å²) in [5.74, 6) is -2.71. The maximum absolute atomic E-state index is 13.7. The average molecular weight is 569 g/mol. The van der Waals surface area contributed by atoms with Gasteiger partial charge in [-0.1, -0.05) is 47.6 Å². The van der Waals surface area contributed by atoms with Crippen LogP contribution in [0.3, 0.4) is 0 Å². The van der Waals surface area contributed by atoms with E-state index in [-0.39, 0.29) is 27.4 Å². The van der Waals surface area contributed by atoms with Crippen molar-refractivity contribution in [2.24, 2.45) is 0 Å². The first-order chi connectivity index (χ1) is 18.7. The van der Waals surface area contributed by atoms with Crippen molar-refractivity contribution < 1.29 is 30.9 Å². The van der Waals surface area contributed by atoms with Crippen molar-refractivity contribution in [2.45, 2.75) is 37.4 Å².